The lowest BCUT2D eigenvalue weighted by Crippen LogP contribution is -2.46. The summed E-state index contributed by atoms with van der Waals surface area (Å²) in [5.74, 6) is 0.500. The standard InChI is InChI=1S/C18H24N4OS/c1-12-14(3)24-18(20-12)21-17(23)13(2)22-10-4-5-16(11-22)15-6-8-19-9-7-15/h6-9,13,16H,4-5,10-11H2,1-3H3,(H,20,21,23). The Balaban J connectivity index is 1.63. The molecular formula is C18H24N4OS. The monoisotopic (exact) mass is 344 g/mol. The number of hydrogen-bond acceptors (Lipinski definition) is 5. The lowest BCUT2D eigenvalue weighted by atomic mass is 9.90. The third-order valence-corrected chi connectivity index (χ3v) is 5.80. The molecule has 1 aliphatic heterocycles. The molecule has 0 bridgehead atoms. The largest absolute Gasteiger partial charge is 0.301 e. The van der Waals surface area contributed by atoms with Crippen LogP contribution in [0.1, 0.15) is 41.8 Å². The van der Waals surface area contributed by atoms with Gasteiger partial charge in [-0.05, 0) is 63.8 Å². The summed E-state index contributed by atoms with van der Waals surface area (Å²) >= 11 is 1.54. The molecule has 0 aromatic carbocycles. The zero-order valence-electron chi connectivity index (χ0n) is 14.5. The first-order chi connectivity index (χ1) is 11.5. The van der Waals surface area contributed by atoms with Crippen molar-refractivity contribution in [1.82, 2.24) is 14.9 Å². The molecule has 1 aliphatic rings. The maximum absolute atomic E-state index is 12.6. The van der Waals surface area contributed by atoms with E-state index in [1.807, 2.05) is 33.2 Å². The van der Waals surface area contributed by atoms with Gasteiger partial charge in [0.05, 0.1) is 11.7 Å². The van der Waals surface area contributed by atoms with Gasteiger partial charge in [-0.15, -0.1) is 11.3 Å². The minimum atomic E-state index is -0.154. The Bertz CT molecular complexity index is 681. The van der Waals surface area contributed by atoms with Crippen LogP contribution in [-0.4, -0.2) is 39.9 Å². The smallest absolute Gasteiger partial charge is 0.243 e. The normalized spacial score (nSPS) is 19.9. The minimum absolute atomic E-state index is 0.0270. The summed E-state index contributed by atoms with van der Waals surface area (Å²) in [4.78, 5) is 24.5. The van der Waals surface area contributed by atoms with Crippen LogP contribution in [0.3, 0.4) is 0 Å². The SMILES string of the molecule is Cc1nc(NC(=O)C(C)N2CCCC(c3ccncc3)C2)sc1C. The molecule has 5 nitrogen and oxygen atoms in total. The highest BCUT2D eigenvalue weighted by molar-refractivity contribution is 7.15. The molecule has 6 heteroatoms. The van der Waals surface area contributed by atoms with Gasteiger partial charge in [-0.3, -0.25) is 14.7 Å². The number of pyridine rings is 1. The van der Waals surface area contributed by atoms with E-state index >= 15 is 0 Å². The van der Waals surface area contributed by atoms with E-state index in [-0.39, 0.29) is 11.9 Å². The van der Waals surface area contributed by atoms with Crippen LogP contribution in [0.5, 0.6) is 0 Å². The highest BCUT2D eigenvalue weighted by atomic mass is 32.1. The zero-order valence-corrected chi connectivity index (χ0v) is 15.3. The molecule has 3 heterocycles. The van der Waals surface area contributed by atoms with Crippen molar-refractivity contribution in [3.05, 3.63) is 40.7 Å². The number of nitrogens with one attached hydrogen (secondary N) is 1. The van der Waals surface area contributed by atoms with Crippen LogP contribution in [0, 0.1) is 13.8 Å². The fourth-order valence-corrected chi connectivity index (χ4v) is 3.99. The Kier molecular flexibility index (Phi) is 5.26. The van der Waals surface area contributed by atoms with E-state index in [9.17, 15) is 4.79 Å². The Morgan fingerprint density at radius 1 is 1.38 bits per heavy atom. The van der Waals surface area contributed by atoms with Gasteiger partial charge in [0.2, 0.25) is 5.91 Å². The Morgan fingerprint density at radius 3 is 2.79 bits per heavy atom. The third kappa shape index (κ3) is 3.82. The minimum Gasteiger partial charge on any atom is -0.301 e. The van der Waals surface area contributed by atoms with Gasteiger partial charge in [0.1, 0.15) is 0 Å². The number of likely N-dealkylation sites (tertiary alicyclic amines) is 1. The molecule has 0 aliphatic carbocycles. The number of carbonyl (C=O) groups excluding carboxylic acids is 1. The first-order valence-electron chi connectivity index (χ1n) is 8.43. The Labute approximate surface area is 147 Å². The van der Waals surface area contributed by atoms with Crippen LogP contribution < -0.4 is 5.32 Å². The van der Waals surface area contributed by atoms with Crippen molar-refractivity contribution in [1.29, 1.82) is 0 Å². The van der Waals surface area contributed by atoms with Crippen molar-refractivity contribution in [2.24, 2.45) is 0 Å². The van der Waals surface area contributed by atoms with Gasteiger partial charge in [0.15, 0.2) is 5.13 Å². The number of piperidine rings is 1. The molecular weight excluding hydrogens is 320 g/mol. The molecule has 1 saturated heterocycles. The lowest BCUT2D eigenvalue weighted by Gasteiger charge is -2.36. The average Bonchev–Trinajstić information content (AvgIpc) is 2.92. The lowest BCUT2D eigenvalue weighted by molar-refractivity contribution is -0.121. The summed E-state index contributed by atoms with van der Waals surface area (Å²) in [7, 11) is 0. The number of carbonyl (C=O) groups is 1. The maximum Gasteiger partial charge on any atom is 0.243 e. The number of thiazole rings is 1. The zero-order chi connectivity index (χ0) is 17.1. The van der Waals surface area contributed by atoms with Gasteiger partial charge in [0.25, 0.3) is 0 Å². The highest BCUT2D eigenvalue weighted by Gasteiger charge is 2.28. The molecule has 2 aromatic rings. The van der Waals surface area contributed by atoms with Crippen molar-refractivity contribution in [3.63, 3.8) is 0 Å². The number of aromatic nitrogens is 2. The molecule has 0 radical (unpaired) electrons. The fourth-order valence-electron chi connectivity index (χ4n) is 3.17. The van der Waals surface area contributed by atoms with Crippen LogP contribution >= 0.6 is 11.3 Å². The summed E-state index contributed by atoms with van der Waals surface area (Å²) in [5.41, 5.74) is 2.30. The van der Waals surface area contributed by atoms with E-state index in [2.05, 4.69) is 32.3 Å². The van der Waals surface area contributed by atoms with E-state index in [1.165, 1.54) is 23.3 Å². The summed E-state index contributed by atoms with van der Waals surface area (Å²) in [6.45, 7) is 7.85. The van der Waals surface area contributed by atoms with Crippen LogP contribution in [0.15, 0.2) is 24.5 Å². The predicted molar refractivity (Wildman–Crippen MR) is 97.5 cm³/mol. The average molecular weight is 344 g/mol. The van der Waals surface area contributed by atoms with E-state index in [1.54, 1.807) is 0 Å². The van der Waals surface area contributed by atoms with E-state index in [0.29, 0.717) is 11.0 Å². The van der Waals surface area contributed by atoms with E-state index in [4.69, 9.17) is 0 Å². The second-order valence-corrected chi connectivity index (χ2v) is 7.64. The molecule has 2 unspecified atom stereocenters. The van der Waals surface area contributed by atoms with Crippen molar-refractivity contribution in [2.75, 3.05) is 18.4 Å². The molecule has 1 amide bonds. The number of aryl methyl sites for hydroxylation is 2. The molecule has 1 fully saturated rings. The van der Waals surface area contributed by atoms with Gasteiger partial charge >= 0.3 is 0 Å². The first-order valence-corrected chi connectivity index (χ1v) is 9.25. The highest BCUT2D eigenvalue weighted by Crippen LogP contribution is 2.28. The summed E-state index contributed by atoms with van der Waals surface area (Å²) in [6, 6.07) is 4.01. The molecule has 1 N–H and O–H groups in total. The van der Waals surface area contributed by atoms with Crippen molar-refractivity contribution < 1.29 is 4.79 Å². The van der Waals surface area contributed by atoms with Crippen molar-refractivity contribution in [2.45, 2.75) is 45.6 Å². The van der Waals surface area contributed by atoms with Gasteiger partial charge in [-0.1, -0.05) is 0 Å². The fraction of sp³-hybridized carbons (Fsp3) is 0.500. The molecule has 0 spiro atoms. The molecule has 2 atom stereocenters. The van der Waals surface area contributed by atoms with Crippen LogP contribution in [0.25, 0.3) is 0 Å². The number of nitrogens with zero attached hydrogens (tertiary/aromatic N) is 3. The quantitative estimate of drug-likeness (QED) is 0.924. The maximum atomic E-state index is 12.6. The molecule has 3 rings (SSSR count). The van der Waals surface area contributed by atoms with Crippen LogP contribution in [0.2, 0.25) is 0 Å². The number of anilines is 1. The second kappa shape index (κ2) is 7.40. The van der Waals surface area contributed by atoms with Crippen LogP contribution in [0.4, 0.5) is 5.13 Å². The summed E-state index contributed by atoms with van der Waals surface area (Å²) in [5, 5.41) is 3.67. The molecule has 2 aromatic heterocycles. The number of hydrogen-bond donors (Lipinski definition) is 1. The molecule has 128 valence electrons. The predicted octanol–water partition coefficient (Wildman–Crippen LogP) is 3.36. The van der Waals surface area contributed by atoms with Gasteiger partial charge < -0.3 is 5.32 Å². The van der Waals surface area contributed by atoms with Crippen LogP contribution in [-0.2, 0) is 4.79 Å². The van der Waals surface area contributed by atoms with Gasteiger partial charge in [-0.2, -0.15) is 0 Å². The van der Waals surface area contributed by atoms with Crippen molar-refractivity contribution >= 4 is 22.4 Å². The number of rotatable bonds is 4. The van der Waals surface area contributed by atoms with Gasteiger partial charge in [0, 0.05) is 23.8 Å². The Hall–Kier alpha value is -1.79. The topological polar surface area (TPSA) is 58.1 Å². The first kappa shape index (κ1) is 17.0. The summed E-state index contributed by atoms with van der Waals surface area (Å²) < 4.78 is 0. The Morgan fingerprint density at radius 2 is 2.12 bits per heavy atom. The molecule has 24 heavy (non-hydrogen) atoms. The van der Waals surface area contributed by atoms with E-state index in [0.717, 1.165) is 30.1 Å². The van der Waals surface area contributed by atoms with Gasteiger partial charge in [-0.25, -0.2) is 4.98 Å². The number of amides is 1. The van der Waals surface area contributed by atoms with Crippen molar-refractivity contribution in [3.8, 4) is 0 Å². The van der Waals surface area contributed by atoms with E-state index < -0.39 is 0 Å². The third-order valence-electron chi connectivity index (χ3n) is 4.82. The summed E-state index contributed by atoms with van der Waals surface area (Å²) in [6.07, 6.45) is 5.97. The molecule has 0 saturated carbocycles. The second-order valence-electron chi connectivity index (χ2n) is 6.44.